The number of ether oxygens (including phenoxy) is 1. The Balaban J connectivity index is 1.61. The number of rotatable bonds is 6. The van der Waals surface area contributed by atoms with Crippen molar-refractivity contribution in [1.82, 2.24) is 0 Å². The van der Waals surface area contributed by atoms with Gasteiger partial charge in [-0.05, 0) is 44.0 Å². The van der Waals surface area contributed by atoms with Crippen molar-refractivity contribution >= 4 is 34.8 Å². The third kappa shape index (κ3) is 4.88. The van der Waals surface area contributed by atoms with Crippen LogP contribution in [0.25, 0.3) is 0 Å². The second-order valence-corrected chi connectivity index (χ2v) is 7.50. The number of nitrogens with one attached hydrogen (secondary N) is 1. The number of benzene rings is 2. The summed E-state index contributed by atoms with van der Waals surface area (Å²) in [7, 11) is 0. The van der Waals surface area contributed by atoms with Gasteiger partial charge in [-0.15, -0.1) is 0 Å². The zero-order valence-electron chi connectivity index (χ0n) is 17.5. The molecule has 0 aliphatic carbocycles. The first-order valence-electron chi connectivity index (χ1n) is 9.79. The van der Waals surface area contributed by atoms with Crippen LogP contribution in [0, 0.1) is 29.9 Å². The highest BCUT2D eigenvalue weighted by Gasteiger charge is 2.37. The van der Waals surface area contributed by atoms with Gasteiger partial charge >= 0.3 is 5.97 Å². The van der Waals surface area contributed by atoms with Gasteiger partial charge in [-0.3, -0.25) is 24.5 Å². The second kappa shape index (κ2) is 8.95. The molecule has 1 saturated heterocycles. The van der Waals surface area contributed by atoms with E-state index in [1.165, 1.54) is 31.2 Å². The zero-order chi connectivity index (χ0) is 22.7. The van der Waals surface area contributed by atoms with Gasteiger partial charge in [0.05, 0.1) is 10.8 Å². The van der Waals surface area contributed by atoms with Crippen LogP contribution in [-0.4, -0.2) is 35.4 Å². The van der Waals surface area contributed by atoms with E-state index in [2.05, 4.69) is 5.32 Å². The lowest BCUT2D eigenvalue weighted by molar-refractivity contribution is -0.384. The number of hydrogen-bond donors (Lipinski definition) is 1. The number of amides is 2. The molecule has 0 bridgehead atoms. The monoisotopic (exact) mass is 425 g/mol. The summed E-state index contributed by atoms with van der Waals surface area (Å²) in [5.41, 5.74) is 2.83. The molecule has 31 heavy (non-hydrogen) atoms. The number of non-ortho nitro benzene ring substituents is 1. The Morgan fingerprint density at radius 3 is 2.65 bits per heavy atom. The normalized spacial score (nSPS) is 16.7. The summed E-state index contributed by atoms with van der Waals surface area (Å²) in [6.45, 7) is 5.46. The third-order valence-corrected chi connectivity index (χ3v) is 5.31. The van der Waals surface area contributed by atoms with Gasteiger partial charge in [0.2, 0.25) is 5.91 Å². The summed E-state index contributed by atoms with van der Waals surface area (Å²) < 4.78 is 5.27. The molecule has 2 aromatic rings. The molecule has 1 heterocycles. The number of esters is 1. The molecule has 3 rings (SSSR count). The van der Waals surface area contributed by atoms with E-state index < -0.39 is 28.8 Å². The minimum atomic E-state index is -1.13. The second-order valence-electron chi connectivity index (χ2n) is 7.50. The molecular weight excluding hydrogens is 402 g/mol. The van der Waals surface area contributed by atoms with Crippen molar-refractivity contribution in [2.45, 2.75) is 33.3 Å². The van der Waals surface area contributed by atoms with Gasteiger partial charge in [0.25, 0.3) is 11.6 Å². The number of nitrogens with zero attached hydrogens (tertiary/aromatic N) is 2. The van der Waals surface area contributed by atoms with E-state index in [0.717, 1.165) is 16.8 Å². The zero-order valence-corrected chi connectivity index (χ0v) is 17.5. The molecule has 0 aromatic heterocycles. The molecule has 1 fully saturated rings. The summed E-state index contributed by atoms with van der Waals surface area (Å²) in [5.74, 6) is -2.11. The van der Waals surface area contributed by atoms with Crippen LogP contribution in [0.4, 0.5) is 17.1 Å². The fraction of sp³-hybridized carbons (Fsp3) is 0.318. The van der Waals surface area contributed by atoms with E-state index in [1.807, 2.05) is 32.0 Å². The Hall–Kier alpha value is -3.75. The van der Waals surface area contributed by atoms with Gasteiger partial charge in [-0.2, -0.15) is 0 Å². The standard InChI is InChI=1S/C22H23N3O6/c1-13-6-4-9-19(14(13)2)24-12-16(10-20(24)26)22(28)31-15(3)21(27)23-17-7-5-8-18(11-17)25(29)30/h4-9,11,15-16H,10,12H2,1-3H3,(H,23,27)/t15-,16-/m1/s1. The van der Waals surface area contributed by atoms with Gasteiger partial charge in [0.1, 0.15) is 0 Å². The molecular formula is C22H23N3O6. The maximum absolute atomic E-state index is 12.6. The first-order chi connectivity index (χ1) is 14.7. The highest BCUT2D eigenvalue weighted by Crippen LogP contribution is 2.30. The van der Waals surface area contributed by atoms with Crippen LogP contribution in [-0.2, 0) is 19.1 Å². The topological polar surface area (TPSA) is 119 Å². The SMILES string of the molecule is Cc1cccc(N2C[C@H](C(=O)O[C@H](C)C(=O)Nc3cccc([N+](=O)[O-])c3)CC2=O)c1C. The van der Waals surface area contributed by atoms with Gasteiger partial charge in [0.15, 0.2) is 6.10 Å². The number of carbonyl (C=O) groups excluding carboxylic acids is 3. The fourth-order valence-corrected chi connectivity index (χ4v) is 3.39. The van der Waals surface area contributed by atoms with Crippen molar-refractivity contribution in [2.24, 2.45) is 5.92 Å². The van der Waals surface area contributed by atoms with Crippen LogP contribution in [0.1, 0.15) is 24.5 Å². The van der Waals surface area contributed by atoms with Crippen LogP contribution in [0.15, 0.2) is 42.5 Å². The summed E-state index contributed by atoms with van der Waals surface area (Å²) in [4.78, 5) is 49.2. The molecule has 0 radical (unpaired) electrons. The predicted octanol–water partition coefficient (Wildman–Crippen LogP) is 3.13. The van der Waals surface area contributed by atoms with Gasteiger partial charge in [-0.25, -0.2) is 0 Å². The van der Waals surface area contributed by atoms with Gasteiger partial charge in [0, 0.05) is 36.5 Å². The van der Waals surface area contributed by atoms with Crippen LogP contribution in [0.5, 0.6) is 0 Å². The molecule has 0 spiro atoms. The lowest BCUT2D eigenvalue weighted by Gasteiger charge is -2.20. The van der Waals surface area contributed by atoms with E-state index in [9.17, 15) is 24.5 Å². The Morgan fingerprint density at radius 1 is 1.23 bits per heavy atom. The van der Waals surface area contributed by atoms with Crippen LogP contribution >= 0.6 is 0 Å². The summed E-state index contributed by atoms with van der Waals surface area (Å²) in [5, 5.41) is 13.3. The smallest absolute Gasteiger partial charge is 0.312 e. The molecule has 1 aliphatic rings. The van der Waals surface area contributed by atoms with Crippen LogP contribution < -0.4 is 10.2 Å². The highest BCUT2D eigenvalue weighted by molar-refractivity contribution is 6.01. The van der Waals surface area contributed by atoms with Crippen molar-refractivity contribution in [3.63, 3.8) is 0 Å². The van der Waals surface area contributed by atoms with Crippen molar-refractivity contribution in [1.29, 1.82) is 0 Å². The average molecular weight is 425 g/mol. The Kier molecular flexibility index (Phi) is 6.33. The quantitative estimate of drug-likeness (QED) is 0.431. The third-order valence-electron chi connectivity index (χ3n) is 5.31. The molecule has 0 saturated carbocycles. The van der Waals surface area contributed by atoms with E-state index in [0.29, 0.717) is 0 Å². The molecule has 1 N–H and O–H groups in total. The number of hydrogen-bond acceptors (Lipinski definition) is 6. The van der Waals surface area contributed by atoms with Crippen molar-refractivity contribution in [3.05, 3.63) is 63.7 Å². The lowest BCUT2D eigenvalue weighted by atomic mass is 10.1. The number of anilines is 2. The van der Waals surface area contributed by atoms with Crippen molar-refractivity contribution in [3.8, 4) is 0 Å². The largest absolute Gasteiger partial charge is 0.452 e. The molecule has 9 nitrogen and oxygen atoms in total. The first kappa shape index (κ1) is 21.9. The molecule has 162 valence electrons. The molecule has 9 heteroatoms. The van der Waals surface area contributed by atoms with Gasteiger partial charge in [-0.1, -0.05) is 18.2 Å². The Labute approximate surface area is 179 Å². The minimum Gasteiger partial charge on any atom is -0.452 e. The first-order valence-corrected chi connectivity index (χ1v) is 9.79. The molecule has 0 unspecified atom stereocenters. The summed E-state index contributed by atoms with van der Waals surface area (Å²) in [6.07, 6.45) is -1.12. The number of aryl methyl sites for hydroxylation is 1. The van der Waals surface area contributed by atoms with E-state index in [1.54, 1.807) is 4.90 Å². The maximum atomic E-state index is 12.6. The lowest BCUT2D eigenvalue weighted by Crippen LogP contribution is -2.33. The molecule has 1 aliphatic heterocycles. The number of carbonyl (C=O) groups is 3. The predicted molar refractivity (Wildman–Crippen MR) is 114 cm³/mol. The maximum Gasteiger partial charge on any atom is 0.312 e. The van der Waals surface area contributed by atoms with E-state index in [4.69, 9.17) is 4.74 Å². The minimum absolute atomic E-state index is 0.00539. The molecule has 2 amide bonds. The summed E-state index contributed by atoms with van der Waals surface area (Å²) in [6, 6.07) is 11.1. The van der Waals surface area contributed by atoms with E-state index in [-0.39, 0.29) is 30.2 Å². The Bertz CT molecular complexity index is 1050. The van der Waals surface area contributed by atoms with E-state index >= 15 is 0 Å². The average Bonchev–Trinajstić information content (AvgIpc) is 3.11. The Morgan fingerprint density at radius 2 is 1.94 bits per heavy atom. The number of nitro groups is 1. The number of nitro benzene ring substituents is 1. The van der Waals surface area contributed by atoms with Crippen LogP contribution in [0.3, 0.4) is 0 Å². The molecule has 2 aromatic carbocycles. The highest BCUT2D eigenvalue weighted by atomic mass is 16.6. The van der Waals surface area contributed by atoms with Crippen molar-refractivity contribution < 1.29 is 24.0 Å². The molecule has 2 atom stereocenters. The van der Waals surface area contributed by atoms with Gasteiger partial charge < -0.3 is 15.0 Å². The van der Waals surface area contributed by atoms with Crippen molar-refractivity contribution in [2.75, 3.05) is 16.8 Å². The fourth-order valence-electron chi connectivity index (χ4n) is 3.39. The van der Waals surface area contributed by atoms with Crippen LogP contribution in [0.2, 0.25) is 0 Å². The summed E-state index contributed by atoms with van der Waals surface area (Å²) >= 11 is 0.